The lowest BCUT2D eigenvalue weighted by atomic mass is 9.96. The lowest BCUT2D eigenvalue weighted by molar-refractivity contribution is -0.00511. The van der Waals surface area contributed by atoms with Gasteiger partial charge in [-0.05, 0) is 38.3 Å². The van der Waals surface area contributed by atoms with E-state index in [1.165, 1.54) is 32.4 Å². The molecule has 1 aliphatic heterocycles. The zero-order valence-electron chi connectivity index (χ0n) is 9.34. The Kier molecular flexibility index (Phi) is 6.06. The zero-order chi connectivity index (χ0) is 10.4. The molecule has 0 bridgehead atoms. The minimum absolute atomic E-state index is 0.452. The second-order valence-corrected chi connectivity index (χ2v) is 5.03. The number of hydrogen-bond acceptors (Lipinski definition) is 2. The van der Waals surface area contributed by atoms with Crippen molar-refractivity contribution in [1.82, 2.24) is 4.90 Å². The molecule has 2 nitrogen and oxygen atoms in total. The van der Waals surface area contributed by atoms with E-state index in [1.807, 2.05) is 7.11 Å². The number of halogens is 1. The molecule has 1 aliphatic rings. The van der Waals surface area contributed by atoms with Crippen LogP contribution in [-0.4, -0.2) is 43.1 Å². The molecule has 0 N–H and O–H groups in total. The molecular formula is C11H22BrNO. The highest BCUT2D eigenvalue weighted by atomic mass is 79.9. The molecule has 0 aromatic rings. The number of ether oxygens (including phenoxy) is 1. The first-order chi connectivity index (χ1) is 6.77. The topological polar surface area (TPSA) is 12.5 Å². The lowest BCUT2D eigenvalue weighted by Crippen LogP contribution is -2.44. The van der Waals surface area contributed by atoms with Gasteiger partial charge in [0, 0.05) is 19.0 Å². The summed E-state index contributed by atoms with van der Waals surface area (Å²) in [5, 5.41) is 1.13. The zero-order valence-corrected chi connectivity index (χ0v) is 10.9. The van der Waals surface area contributed by atoms with Crippen LogP contribution in [0.3, 0.4) is 0 Å². The maximum absolute atomic E-state index is 5.49. The van der Waals surface area contributed by atoms with Crippen molar-refractivity contribution in [3.63, 3.8) is 0 Å². The van der Waals surface area contributed by atoms with Gasteiger partial charge in [-0.15, -0.1) is 0 Å². The molecule has 2 atom stereocenters. The highest BCUT2D eigenvalue weighted by Crippen LogP contribution is 2.19. The summed E-state index contributed by atoms with van der Waals surface area (Å²) in [6.45, 7) is 5.91. The van der Waals surface area contributed by atoms with Crippen LogP contribution in [0.25, 0.3) is 0 Å². The SMILES string of the molecule is COC1CN(CCCCBr)CCC1C. The van der Waals surface area contributed by atoms with E-state index in [0.717, 1.165) is 17.8 Å². The Morgan fingerprint density at radius 1 is 1.43 bits per heavy atom. The molecule has 3 heteroatoms. The van der Waals surface area contributed by atoms with Crippen LogP contribution in [0.2, 0.25) is 0 Å². The van der Waals surface area contributed by atoms with E-state index in [9.17, 15) is 0 Å². The van der Waals surface area contributed by atoms with Crippen molar-refractivity contribution < 1.29 is 4.74 Å². The van der Waals surface area contributed by atoms with E-state index >= 15 is 0 Å². The number of methoxy groups -OCH3 is 1. The molecule has 0 saturated carbocycles. The highest BCUT2D eigenvalue weighted by Gasteiger charge is 2.25. The summed E-state index contributed by atoms with van der Waals surface area (Å²) in [5.41, 5.74) is 0. The van der Waals surface area contributed by atoms with E-state index in [4.69, 9.17) is 4.74 Å². The van der Waals surface area contributed by atoms with Crippen LogP contribution < -0.4 is 0 Å². The van der Waals surface area contributed by atoms with Gasteiger partial charge < -0.3 is 9.64 Å². The molecule has 0 radical (unpaired) electrons. The van der Waals surface area contributed by atoms with Gasteiger partial charge >= 0.3 is 0 Å². The highest BCUT2D eigenvalue weighted by molar-refractivity contribution is 9.09. The maximum atomic E-state index is 5.49. The minimum atomic E-state index is 0.452. The third kappa shape index (κ3) is 3.87. The molecule has 1 fully saturated rings. The normalized spacial score (nSPS) is 29.4. The Morgan fingerprint density at radius 2 is 2.21 bits per heavy atom. The Balaban J connectivity index is 2.21. The maximum Gasteiger partial charge on any atom is 0.0724 e. The van der Waals surface area contributed by atoms with Gasteiger partial charge in [-0.2, -0.15) is 0 Å². The molecule has 14 heavy (non-hydrogen) atoms. The fourth-order valence-electron chi connectivity index (χ4n) is 2.04. The van der Waals surface area contributed by atoms with Gasteiger partial charge in [0.15, 0.2) is 0 Å². The van der Waals surface area contributed by atoms with Crippen LogP contribution in [0.5, 0.6) is 0 Å². The Labute approximate surface area is 96.1 Å². The van der Waals surface area contributed by atoms with Crippen LogP contribution in [0.15, 0.2) is 0 Å². The average Bonchev–Trinajstić information content (AvgIpc) is 2.21. The first kappa shape index (κ1) is 12.5. The fraction of sp³-hybridized carbons (Fsp3) is 1.00. The molecule has 1 saturated heterocycles. The lowest BCUT2D eigenvalue weighted by Gasteiger charge is -2.36. The predicted molar refractivity (Wildman–Crippen MR) is 64.0 cm³/mol. The summed E-state index contributed by atoms with van der Waals surface area (Å²) in [5.74, 6) is 0.729. The quantitative estimate of drug-likeness (QED) is 0.559. The standard InChI is InChI=1S/C11H22BrNO/c1-10-5-8-13(7-4-3-6-12)9-11(10)14-2/h10-11H,3-9H2,1-2H3. The number of unbranched alkanes of at least 4 members (excludes halogenated alkanes) is 1. The van der Waals surface area contributed by atoms with Crippen LogP contribution in [0, 0.1) is 5.92 Å². The molecule has 0 aromatic carbocycles. The number of nitrogens with zero attached hydrogens (tertiary/aromatic N) is 1. The van der Waals surface area contributed by atoms with Crippen molar-refractivity contribution in [3.05, 3.63) is 0 Å². The molecule has 84 valence electrons. The van der Waals surface area contributed by atoms with Gasteiger partial charge in [0.1, 0.15) is 0 Å². The van der Waals surface area contributed by atoms with Gasteiger partial charge in [-0.3, -0.25) is 0 Å². The van der Waals surface area contributed by atoms with Crippen molar-refractivity contribution in [2.24, 2.45) is 5.92 Å². The van der Waals surface area contributed by atoms with E-state index in [0.29, 0.717) is 6.10 Å². The third-order valence-electron chi connectivity index (χ3n) is 3.13. The molecular weight excluding hydrogens is 242 g/mol. The fourth-order valence-corrected chi connectivity index (χ4v) is 2.43. The van der Waals surface area contributed by atoms with Crippen molar-refractivity contribution in [2.45, 2.75) is 32.3 Å². The number of likely N-dealkylation sites (tertiary alicyclic amines) is 1. The van der Waals surface area contributed by atoms with Crippen molar-refractivity contribution in [1.29, 1.82) is 0 Å². The molecule has 0 aromatic heterocycles. The number of hydrogen-bond donors (Lipinski definition) is 0. The monoisotopic (exact) mass is 263 g/mol. The smallest absolute Gasteiger partial charge is 0.0724 e. The molecule has 1 heterocycles. The number of rotatable bonds is 5. The second kappa shape index (κ2) is 6.81. The molecule has 0 aliphatic carbocycles. The summed E-state index contributed by atoms with van der Waals surface area (Å²) in [4.78, 5) is 2.54. The molecule has 0 amide bonds. The van der Waals surface area contributed by atoms with Crippen LogP contribution in [-0.2, 0) is 4.74 Å². The first-order valence-corrected chi connectivity index (χ1v) is 6.71. The first-order valence-electron chi connectivity index (χ1n) is 5.59. The Bertz CT molecular complexity index is 154. The van der Waals surface area contributed by atoms with Crippen LogP contribution >= 0.6 is 15.9 Å². The Hall–Kier alpha value is 0.400. The van der Waals surface area contributed by atoms with Crippen LogP contribution in [0.1, 0.15) is 26.2 Å². The van der Waals surface area contributed by atoms with E-state index in [2.05, 4.69) is 27.8 Å². The van der Waals surface area contributed by atoms with E-state index in [-0.39, 0.29) is 0 Å². The molecule has 1 rings (SSSR count). The van der Waals surface area contributed by atoms with Gasteiger partial charge in [0.2, 0.25) is 0 Å². The average molecular weight is 264 g/mol. The summed E-state index contributed by atoms with van der Waals surface area (Å²) < 4.78 is 5.49. The summed E-state index contributed by atoms with van der Waals surface area (Å²) in [6.07, 6.45) is 4.32. The predicted octanol–water partition coefficient (Wildman–Crippen LogP) is 2.52. The van der Waals surface area contributed by atoms with Gasteiger partial charge in [-0.25, -0.2) is 0 Å². The summed E-state index contributed by atoms with van der Waals surface area (Å²) in [7, 11) is 1.84. The van der Waals surface area contributed by atoms with Crippen molar-refractivity contribution in [2.75, 3.05) is 32.1 Å². The second-order valence-electron chi connectivity index (χ2n) is 4.24. The van der Waals surface area contributed by atoms with Crippen LogP contribution in [0.4, 0.5) is 0 Å². The summed E-state index contributed by atoms with van der Waals surface area (Å²) >= 11 is 3.47. The van der Waals surface area contributed by atoms with E-state index in [1.54, 1.807) is 0 Å². The van der Waals surface area contributed by atoms with Gasteiger partial charge in [0.25, 0.3) is 0 Å². The van der Waals surface area contributed by atoms with Crippen molar-refractivity contribution >= 4 is 15.9 Å². The third-order valence-corrected chi connectivity index (χ3v) is 3.69. The Morgan fingerprint density at radius 3 is 2.86 bits per heavy atom. The molecule has 2 unspecified atom stereocenters. The number of alkyl halides is 1. The molecule has 0 spiro atoms. The van der Waals surface area contributed by atoms with Gasteiger partial charge in [-0.1, -0.05) is 22.9 Å². The largest absolute Gasteiger partial charge is 0.380 e. The van der Waals surface area contributed by atoms with Crippen molar-refractivity contribution in [3.8, 4) is 0 Å². The minimum Gasteiger partial charge on any atom is -0.380 e. The van der Waals surface area contributed by atoms with E-state index < -0.39 is 0 Å². The van der Waals surface area contributed by atoms with Gasteiger partial charge in [0.05, 0.1) is 6.10 Å². The summed E-state index contributed by atoms with van der Waals surface area (Å²) in [6, 6.07) is 0. The number of piperidine rings is 1.